The van der Waals surface area contributed by atoms with Gasteiger partial charge in [-0.1, -0.05) is 6.42 Å². The molecule has 0 radical (unpaired) electrons. The molecule has 2 rings (SSSR count). The van der Waals surface area contributed by atoms with Gasteiger partial charge in [0.25, 0.3) is 0 Å². The fourth-order valence-corrected chi connectivity index (χ4v) is 3.09. The van der Waals surface area contributed by atoms with Crippen molar-refractivity contribution in [2.24, 2.45) is 0 Å². The Kier molecular flexibility index (Phi) is 5.99. The molecule has 120 valence electrons. The molecule has 0 aromatic heterocycles. The van der Waals surface area contributed by atoms with E-state index in [0.717, 1.165) is 25.8 Å². The SMILES string of the molecule is COC(=O)CC1CCCCN1CC(=O)N1CCOC(C)C1. The third-order valence-corrected chi connectivity index (χ3v) is 4.31. The van der Waals surface area contributed by atoms with E-state index < -0.39 is 0 Å². The predicted molar refractivity (Wildman–Crippen MR) is 77.8 cm³/mol. The highest BCUT2D eigenvalue weighted by molar-refractivity contribution is 5.78. The summed E-state index contributed by atoms with van der Waals surface area (Å²) < 4.78 is 10.2. The van der Waals surface area contributed by atoms with E-state index in [4.69, 9.17) is 9.47 Å². The molecule has 0 aliphatic carbocycles. The zero-order valence-corrected chi connectivity index (χ0v) is 13.0. The number of carbonyl (C=O) groups is 2. The summed E-state index contributed by atoms with van der Waals surface area (Å²) in [6, 6.07) is 0.133. The second-order valence-electron chi connectivity index (χ2n) is 5.92. The van der Waals surface area contributed by atoms with E-state index in [1.165, 1.54) is 7.11 Å². The van der Waals surface area contributed by atoms with Crippen molar-refractivity contribution >= 4 is 11.9 Å². The van der Waals surface area contributed by atoms with E-state index in [0.29, 0.717) is 32.7 Å². The Morgan fingerprint density at radius 1 is 1.29 bits per heavy atom. The largest absolute Gasteiger partial charge is 0.469 e. The van der Waals surface area contributed by atoms with Crippen LogP contribution >= 0.6 is 0 Å². The van der Waals surface area contributed by atoms with Crippen molar-refractivity contribution in [3.8, 4) is 0 Å². The highest BCUT2D eigenvalue weighted by Crippen LogP contribution is 2.20. The van der Waals surface area contributed by atoms with Crippen LogP contribution in [0.25, 0.3) is 0 Å². The molecular weight excluding hydrogens is 272 g/mol. The summed E-state index contributed by atoms with van der Waals surface area (Å²) in [6.07, 6.45) is 3.64. The van der Waals surface area contributed by atoms with Crippen molar-refractivity contribution in [1.29, 1.82) is 0 Å². The minimum atomic E-state index is -0.195. The lowest BCUT2D eigenvalue weighted by molar-refractivity contribution is -0.145. The number of esters is 1. The predicted octanol–water partition coefficient (Wildman–Crippen LogP) is 0.651. The fourth-order valence-electron chi connectivity index (χ4n) is 3.09. The number of ether oxygens (including phenoxy) is 2. The zero-order valence-electron chi connectivity index (χ0n) is 13.0. The van der Waals surface area contributed by atoms with Gasteiger partial charge in [-0.25, -0.2) is 0 Å². The molecule has 2 aliphatic heterocycles. The first-order valence-electron chi connectivity index (χ1n) is 7.80. The average molecular weight is 298 g/mol. The van der Waals surface area contributed by atoms with Gasteiger partial charge in [-0.15, -0.1) is 0 Å². The van der Waals surface area contributed by atoms with Crippen molar-refractivity contribution < 1.29 is 19.1 Å². The second-order valence-corrected chi connectivity index (χ2v) is 5.92. The Labute approximate surface area is 126 Å². The molecule has 6 nitrogen and oxygen atoms in total. The molecule has 2 heterocycles. The summed E-state index contributed by atoms with van der Waals surface area (Å²) in [4.78, 5) is 27.9. The summed E-state index contributed by atoms with van der Waals surface area (Å²) >= 11 is 0. The van der Waals surface area contributed by atoms with Gasteiger partial charge in [0.2, 0.25) is 5.91 Å². The summed E-state index contributed by atoms with van der Waals surface area (Å²) in [5, 5.41) is 0. The van der Waals surface area contributed by atoms with E-state index >= 15 is 0 Å². The smallest absolute Gasteiger partial charge is 0.307 e. The maximum Gasteiger partial charge on any atom is 0.307 e. The van der Waals surface area contributed by atoms with Gasteiger partial charge in [0.05, 0.1) is 32.8 Å². The van der Waals surface area contributed by atoms with Crippen molar-refractivity contribution in [3.63, 3.8) is 0 Å². The van der Waals surface area contributed by atoms with Crippen LogP contribution in [0.15, 0.2) is 0 Å². The average Bonchev–Trinajstić information content (AvgIpc) is 2.49. The van der Waals surface area contributed by atoms with Crippen molar-refractivity contribution in [2.75, 3.05) is 39.9 Å². The Bertz CT molecular complexity index is 375. The molecule has 0 spiro atoms. The topological polar surface area (TPSA) is 59.1 Å². The zero-order chi connectivity index (χ0) is 15.2. The molecule has 2 saturated heterocycles. The molecule has 0 saturated carbocycles. The molecule has 0 aromatic rings. The van der Waals surface area contributed by atoms with Gasteiger partial charge >= 0.3 is 5.97 Å². The molecule has 2 unspecified atom stereocenters. The van der Waals surface area contributed by atoms with Gasteiger partial charge < -0.3 is 14.4 Å². The number of piperidine rings is 1. The lowest BCUT2D eigenvalue weighted by Crippen LogP contribution is -2.51. The highest BCUT2D eigenvalue weighted by atomic mass is 16.5. The Morgan fingerprint density at radius 3 is 2.81 bits per heavy atom. The first-order chi connectivity index (χ1) is 10.1. The molecule has 2 atom stereocenters. The standard InChI is InChI=1S/C15H26N2O4/c1-12-10-17(7-8-21-12)14(18)11-16-6-4-3-5-13(16)9-15(19)20-2/h12-13H,3-11H2,1-2H3. The van der Waals surface area contributed by atoms with Crippen LogP contribution in [0.1, 0.15) is 32.6 Å². The maximum absolute atomic E-state index is 12.4. The van der Waals surface area contributed by atoms with Gasteiger partial charge in [0.15, 0.2) is 0 Å². The molecular formula is C15H26N2O4. The van der Waals surface area contributed by atoms with E-state index in [2.05, 4.69) is 4.90 Å². The lowest BCUT2D eigenvalue weighted by atomic mass is 9.99. The van der Waals surface area contributed by atoms with Gasteiger partial charge in [-0.3, -0.25) is 14.5 Å². The monoisotopic (exact) mass is 298 g/mol. The quantitative estimate of drug-likeness (QED) is 0.713. The Balaban J connectivity index is 1.88. The molecule has 0 aromatic carbocycles. The summed E-state index contributed by atoms with van der Waals surface area (Å²) in [7, 11) is 1.41. The van der Waals surface area contributed by atoms with Crippen LogP contribution in [0.2, 0.25) is 0 Å². The summed E-state index contributed by atoms with van der Waals surface area (Å²) in [6.45, 7) is 5.20. The first kappa shape index (κ1) is 16.2. The van der Waals surface area contributed by atoms with E-state index in [1.54, 1.807) is 0 Å². The van der Waals surface area contributed by atoms with Crippen LogP contribution in [0.4, 0.5) is 0 Å². The van der Waals surface area contributed by atoms with E-state index in [1.807, 2.05) is 11.8 Å². The lowest BCUT2D eigenvalue weighted by Gasteiger charge is -2.37. The fraction of sp³-hybridized carbons (Fsp3) is 0.867. The minimum Gasteiger partial charge on any atom is -0.469 e. The van der Waals surface area contributed by atoms with Gasteiger partial charge in [-0.2, -0.15) is 0 Å². The van der Waals surface area contributed by atoms with E-state index in [-0.39, 0.29) is 24.0 Å². The highest BCUT2D eigenvalue weighted by Gasteiger charge is 2.29. The number of hydrogen-bond donors (Lipinski definition) is 0. The van der Waals surface area contributed by atoms with Crippen LogP contribution < -0.4 is 0 Å². The van der Waals surface area contributed by atoms with Gasteiger partial charge in [0.1, 0.15) is 0 Å². The molecule has 0 bridgehead atoms. The number of likely N-dealkylation sites (tertiary alicyclic amines) is 1. The van der Waals surface area contributed by atoms with Gasteiger partial charge in [-0.05, 0) is 26.3 Å². The normalized spacial score (nSPS) is 27.4. The Morgan fingerprint density at radius 2 is 2.10 bits per heavy atom. The van der Waals surface area contributed by atoms with Crippen LogP contribution in [0.3, 0.4) is 0 Å². The summed E-state index contributed by atoms with van der Waals surface area (Å²) in [5.41, 5.74) is 0. The van der Waals surface area contributed by atoms with Crippen LogP contribution in [0.5, 0.6) is 0 Å². The number of amides is 1. The van der Waals surface area contributed by atoms with Gasteiger partial charge in [0, 0.05) is 19.1 Å². The van der Waals surface area contributed by atoms with Crippen LogP contribution in [0, 0.1) is 0 Å². The summed E-state index contributed by atoms with van der Waals surface area (Å²) in [5.74, 6) is -0.0544. The molecule has 2 aliphatic rings. The number of nitrogens with zero attached hydrogens (tertiary/aromatic N) is 2. The number of methoxy groups -OCH3 is 1. The number of carbonyl (C=O) groups excluding carboxylic acids is 2. The van der Waals surface area contributed by atoms with E-state index in [9.17, 15) is 9.59 Å². The molecule has 21 heavy (non-hydrogen) atoms. The number of rotatable bonds is 4. The molecule has 6 heteroatoms. The third kappa shape index (κ3) is 4.68. The number of morpholine rings is 1. The minimum absolute atomic E-state index is 0.106. The third-order valence-electron chi connectivity index (χ3n) is 4.31. The van der Waals surface area contributed by atoms with Crippen molar-refractivity contribution in [3.05, 3.63) is 0 Å². The number of hydrogen-bond acceptors (Lipinski definition) is 5. The van der Waals surface area contributed by atoms with Crippen LogP contribution in [-0.4, -0.2) is 73.7 Å². The molecule has 2 fully saturated rings. The molecule has 1 amide bonds. The van der Waals surface area contributed by atoms with Crippen molar-refractivity contribution in [2.45, 2.75) is 44.8 Å². The van der Waals surface area contributed by atoms with Crippen LogP contribution in [-0.2, 0) is 19.1 Å². The maximum atomic E-state index is 12.4. The molecule has 0 N–H and O–H groups in total. The Hall–Kier alpha value is -1.14. The first-order valence-corrected chi connectivity index (χ1v) is 7.80. The second kappa shape index (κ2) is 7.75. The van der Waals surface area contributed by atoms with Crippen molar-refractivity contribution in [1.82, 2.24) is 9.80 Å².